The summed E-state index contributed by atoms with van der Waals surface area (Å²) >= 11 is 1.13. The molecule has 8 heteroatoms. The van der Waals surface area contributed by atoms with Crippen molar-refractivity contribution in [2.45, 2.75) is 6.42 Å². The van der Waals surface area contributed by atoms with E-state index in [0.29, 0.717) is 0 Å². The molecule has 5 aromatic heterocycles. The highest BCUT2D eigenvalue weighted by Crippen LogP contribution is 2.36. The molecule has 6 heterocycles. The van der Waals surface area contributed by atoms with Crippen LogP contribution in [0.3, 0.4) is 0 Å². The Morgan fingerprint density at radius 3 is 2.83 bits per heavy atom. The molecule has 1 aliphatic rings. The monoisotopic (exact) mass is 416 g/mol. The highest BCUT2D eigenvalue weighted by molar-refractivity contribution is 7.14. The van der Waals surface area contributed by atoms with E-state index >= 15 is 0 Å². The van der Waals surface area contributed by atoms with E-state index in [1.54, 1.807) is 12.3 Å². The third kappa shape index (κ3) is 2.84. The van der Waals surface area contributed by atoms with Gasteiger partial charge in [0.15, 0.2) is 10.8 Å². The van der Waals surface area contributed by atoms with Crippen LogP contribution in [0.4, 0.5) is 4.39 Å². The van der Waals surface area contributed by atoms with Gasteiger partial charge in [-0.25, -0.2) is 9.97 Å². The topological polar surface area (TPSA) is 82.3 Å². The second kappa shape index (κ2) is 6.86. The molecule has 1 aliphatic heterocycles. The van der Waals surface area contributed by atoms with E-state index in [4.69, 9.17) is 0 Å². The van der Waals surface area contributed by atoms with Crippen molar-refractivity contribution in [2.75, 3.05) is 13.1 Å². The maximum absolute atomic E-state index is 13.6. The lowest BCUT2D eigenvalue weighted by molar-refractivity contribution is 0.657. The zero-order valence-corrected chi connectivity index (χ0v) is 16.7. The maximum Gasteiger partial charge on any atom is 0.176 e. The molecule has 6 rings (SSSR count). The van der Waals surface area contributed by atoms with E-state index in [-0.39, 0.29) is 5.13 Å². The quantitative estimate of drug-likeness (QED) is 0.397. The van der Waals surface area contributed by atoms with Crippen LogP contribution in [-0.2, 0) is 0 Å². The van der Waals surface area contributed by atoms with Crippen molar-refractivity contribution in [2.24, 2.45) is 0 Å². The summed E-state index contributed by atoms with van der Waals surface area (Å²) in [6, 6.07) is 9.38. The lowest BCUT2D eigenvalue weighted by atomic mass is 10.0. The van der Waals surface area contributed by atoms with Crippen molar-refractivity contribution < 1.29 is 4.39 Å². The van der Waals surface area contributed by atoms with Gasteiger partial charge in [0, 0.05) is 40.2 Å². The van der Waals surface area contributed by atoms with Gasteiger partial charge in [-0.2, -0.15) is 9.49 Å². The summed E-state index contributed by atoms with van der Waals surface area (Å²) < 4.78 is 13.6. The molecule has 0 atom stereocenters. The molecule has 0 radical (unpaired) electrons. The summed E-state index contributed by atoms with van der Waals surface area (Å²) in [7, 11) is 0. The van der Waals surface area contributed by atoms with Crippen LogP contribution >= 0.6 is 11.3 Å². The van der Waals surface area contributed by atoms with Gasteiger partial charge in [-0.3, -0.25) is 5.10 Å². The van der Waals surface area contributed by atoms with Crippen LogP contribution in [0, 0.1) is 5.13 Å². The average molecular weight is 416 g/mol. The Hall–Kier alpha value is -3.36. The number of pyridine rings is 2. The fraction of sp³-hybridized carbons (Fsp3) is 0.136. The normalized spacial score (nSPS) is 14.5. The third-order valence-corrected chi connectivity index (χ3v) is 6.38. The molecule has 0 spiro atoms. The van der Waals surface area contributed by atoms with Crippen molar-refractivity contribution in [3.63, 3.8) is 0 Å². The maximum atomic E-state index is 13.6. The van der Waals surface area contributed by atoms with E-state index in [1.807, 2.05) is 18.3 Å². The highest BCUT2D eigenvalue weighted by atomic mass is 32.1. The van der Waals surface area contributed by atoms with E-state index in [2.05, 4.69) is 42.6 Å². The summed E-state index contributed by atoms with van der Waals surface area (Å²) in [5, 5.41) is 12.6. The van der Waals surface area contributed by atoms with Crippen molar-refractivity contribution >= 4 is 39.0 Å². The van der Waals surface area contributed by atoms with E-state index < -0.39 is 0 Å². The number of nitrogens with zero attached hydrogens (tertiary/aromatic N) is 3. The first kappa shape index (κ1) is 17.5. The number of thiophene rings is 1. The van der Waals surface area contributed by atoms with Gasteiger partial charge in [-0.1, -0.05) is 6.08 Å². The molecule has 3 N–H and O–H groups in total. The van der Waals surface area contributed by atoms with Gasteiger partial charge in [0.1, 0.15) is 11.3 Å². The zero-order chi connectivity index (χ0) is 20.1. The highest BCUT2D eigenvalue weighted by Gasteiger charge is 2.17. The van der Waals surface area contributed by atoms with Crippen LogP contribution in [0.5, 0.6) is 0 Å². The first-order valence-electron chi connectivity index (χ1n) is 9.74. The summed E-state index contributed by atoms with van der Waals surface area (Å²) in [5.74, 6) is 0. The van der Waals surface area contributed by atoms with E-state index in [9.17, 15) is 4.39 Å². The van der Waals surface area contributed by atoms with Gasteiger partial charge >= 0.3 is 0 Å². The Morgan fingerprint density at radius 1 is 1.03 bits per heavy atom. The summed E-state index contributed by atoms with van der Waals surface area (Å²) in [6.45, 7) is 1.85. The molecule has 0 saturated carbocycles. The first-order valence-corrected chi connectivity index (χ1v) is 10.6. The minimum Gasteiger partial charge on any atom is -0.338 e. The minimum atomic E-state index is -0.199. The minimum absolute atomic E-state index is 0.199. The van der Waals surface area contributed by atoms with E-state index in [0.717, 1.165) is 80.3 Å². The van der Waals surface area contributed by atoms with Crippen LogP contribution in [-0.4, -0.2) is 38.2 Å². The predicted molar refractivity (Wildman–Crippen MR) is 118 cm³/mol. The number of H-pyrrole nitrogens is 2. The van der Waals surface area contributed by atoms with Crippen LogP contribution < -0.4 is 5.32 Å². The van der Waals surface area contributed by atoms with Gasteiger partial charge in [0.25, 0.3) is 0 Å². The Bertz CT molecular complexity index is 1430. The number of halogens is 1. The molecule has 0 amide bonds. The Labute approximate surface area is 174 Å². The number of fused-ring (bicyclic) bond motifs is 2. The number of aromatic amines is 2. The van der Waals surface area contributed by atoms with Gasteiger partial charge in [-0.05, 0) is 54.4 Å². The molecular weight excluding hydrogens is 399 g/mol. The van der Waals surface area contributed by atoms with Gasteiger partial charge in [-0.15, -0.1) is 11.3 Å². The molecule has 5 aromatic rings. The van der Waals surface area contributed by atoms with Gasteiger partial charge < -0.3 is 10.3 Å². The molecule has 0 bridgehead atoms. The van der Waals surface area contributed by atoms with Crippen molar-refractivity contribution in [1.82, 2.24) is 30.5 Å². The lowest BCUT2D eigenvalue weighted by Gasteiger charge is -2.13. The summed E-state index contributed by atoms with van der Waals surface area (Å²) in [4.78, 5) is 13.3. The molecule has 0 unspecified atom stereocenters. The Morgan fingerprint density at radius 2 is 2.00 bits per heavy atom. The first-order chi connectivity index (χ1) is 14.8. The summed E-state index contributed by atoms with van der Waals surface area (Å²) in [6.07, 6.45) is 6.84. The van der Waals surface area contributed by atoms with Gasteiger partial charge in [0.05, 0.1) is 5.69 Å². The molecule has 0 aliphatic carbocycles. The van der Waals surface area contributed by atoms with Crippen molar-refractivity contribution in [1.29, 1.82) is 0 Å². The molecule has 0 saturated heterocycles. The third-order valence-electron chi connectivity index (χ3n) is 5.48. The SMILES string of the molecule is Fc1ccc(-c2ccnc3[nH]c(-c4n[nH]c5ncc(C6=CCNCC6)cc45)cc23)s1. The smallest absolute Gasteiger partial charge is 0.176 e. The average Bonchev–Trinajstić information content (AvgIpc) is 3.51. The predicted octanol–water partition coefficient (Wildman–Crippen LogP) is 4.75. The largest absolute Gasteiger partial charge is 0.338 e. The van der Waals surface area contributed by atoms with Crippen molar-refractivity contribution in [3.05, 3.63) is 59.5 Å². The Kier molecular flexibility index (Phi) is 4.00. The number of hydrogen-bond donors (Lipinski definition) is 3. The fourth-order valence-corrected chi connectivity index (χ4v) is 4.77. The Balaban J connectivity index is 1.49. The van der Waals surface area contributed by atoms with Crippen LogP contribution in [0.2, 0.25) is 0 Å². The molecule has 30 heavy (non-hydrogen) atoms. The van der Waals surface area contributed by atoms with Crippen LogP contribution in [0.15, 0.2) is 48.8 Å². The molecule has 0 aromatic carbocycles. The summed E-state index contributed by atoms with van der Waals surface area (Å²) in [5.41, 5.74) is 6.52. The number of rotatable bonds is 3. The van der Waals surface area contributed by atoms with Crippen LogP contribution in [0.1, 0.15) is 12.0 Å². The van der Waals surface area contributed by atoms with Gasteiger partial charge in [0.2, 0.25) is 0 Å². The number of hydrogen-bond acceptors (Lipinski definition) is 5. The van der Waals surface area contributed by atoms with Crippen molar-refractivity contribution in [3.8, 4) is 21.8 Å². The molecule has 6 nitrogen and oxygen atoms in total. The molecular formula is C22H17FN6S. The van der Waals surface area contributed by atoms with Crippen LogP contribution in [0.25, 0.3) is 49.5 Å². The number of aromatic nitrogens is 5. The van der Waals surface area contributed by atoms with E-state index in [1.165, 1.54) is 11.6 Å². The lowest BCUT2D eigenvalue weighted by Crippen LogP contribution is -2.20. The standard InChI is InChI=1S/C22H17FN6S/c23-19-2-1-18(30-19)14-5-8-25-21-15(14)10-17(27-21)20-16-9-13(11-26-22(16)29-28-20)12-3-6-24-7-4-12/h1-3,5,8-11,24H,4,6-7H2,(H,25,27)(H,26,28,29). The second-order valence-electron chi connectivity index (χ2n) is 7.28. The molecule has 0 fully saturated rings. The fourth-order valence-electron chi connectivity index (χ4n) is 4.00. The molecule has 148 valence electrons. The number of nitrogens with one attached hydrogen (secondary N) is 3. The second-order valence-corrected chi connectivity index (χ2v) is 8.32. The zero-order valence-electron chi connectivity index (χ0n) is 15.9.